The minimum atomic E-state index is 0.198. The number of rotatable bonds is 0. The lowest BCUT2D eigenvalue weighted by Gasteiger charge is -2.17. The highest BCUT2D eigenvalue weighted by Crippen LogP contribution is 2.29. The average Bonchev–Trinajstić information content (AvgIpc) is 2.29. The first kappa shape index (κ1) is 12.4. The summed E-state index contributed by atoms with van der Waals surface area (Å²) in [6.07, 6.45) is 1.82. The number of nitrogens with zero attached hydrogens (tertiary/aromatic N) is 2. The molecule has 0 amide bonds. The minimum Gasteiger partial charge on any atom is -0.323 e. The first-order chi connectivity index (χ1) is 8.11. The van der Waals surface area contributed by atoms with Gasteiger partial charge in [0.1, 0.15) is 5.71 Å². The van der Waals surface area contributed by atoms with Crippen LogP contribution in [0.5, 0.6) is 0 Å². The first-order valence-corrected chi connectivity index (χ1v) is 6.18. The molecule has 1 aromatic rings. The van der Waals surface area contributed by atoms with Crippen LogP contribution in [-0.4, -0.2) is 10.9 Å². The Bertz CT molecular complexity index is 495. The number of fused-ring (bicyclic) bond motifs is 1. The summed E-state index contributed by atoms with van der Waals surface area (Å²) in [5, 5.41) is 4.81. The molecule has 1 heterocycles. The number of hydrogen-bond acceptors (Lipinski definition) is 3. The molecule has 5 heteroatoms. The van der Waals surface area contributed by atoms with E-state index in [2.05, 4.69) is 10.1 Å². The van der Waals surface area contributed by atoms with E-state index in [1.165, 1.54) is 0 Å². The predicted molar refractivity (Wildman–Crippen MR) is 73.5 cm³/mol. The smallest absolute Gasteiger partial charge is 0.153 e. The van der Waals surface area contributed by atoms with E-state index in [1.807, 2.05) is 19.1 Å². The Hall–Kier alpha value is -1.06. The number of benzene rings is 1. The van der Waals surface area contributed by atoms with Crippen LogP contribution < -0.4 is 5.84 Å². The molecule has 1 atom stereocenters. The summed E-state index contributed by atoms with van der Waals surface area (Å²) in [6.45, 7) is 2.04. The second-order valence-electron chi connectivity index (χ2n) is 4.13. The Labute approximate surface area is 110 Å². The van der Waals surface area contributed by atoms with Gasteiger partial charge in [-0.2, -0.15) is 5.10 Å². The molecule has 0 spiro atoms. The lowest BCUT2D eigenvalue weighted by molar-refractivity contribution is 0.683. The minimum absolute atomic E-state index is 0.198. The molecular weight excluding hydrogens is 257 g/mol. The van der Waals surface area contributed by atoms with Gasteiger partial charge in [0, 0.05) is 10.9 Å². The third kappa shape index (κ3) is 2.61. The Kier molecular flexibility index (Phi) is 3.69. The molecule has 0 fully saturated rings. The fraction of sp³-hybridized carbons (Fsp3) is 0.333. The summed E-state index contributed by atoms with van der Waals surface area (Å²) in [7, 11) is 0. The van der Waals surface area contributed by atoms with E-state index in [9.17, 15) is 0 Å². The molecule has 3 nitrogen and oxygen atoms in total. The van der Waals surface area contributed by atoms with Gasteiger partial charge in [-0.25, -0.2) is 4.99 Å². The van der Waals surface area contributed by atoms with Crippen LogP contribution in [0.3, 0.4) is 0 Å². The third-order valence-electron chi connectivity index (χ3n) is 2.92. The van der Waals surface area contributed by atoms with Crippen LogP contribution in [0, 0.1) is 5.92 Å². The average molecular weight is 270 g/mol. The molecular formula is C12H13Cl2N3. The van der Waals surface area contributed by atoms with Crippen LogP contribution in [0.25, 0.3) is 0 Å². The van der Waals surface area contributed by atoms with E-state index in [-0.39, 0.29) is 5.92 Å². The molecule has 1 aliphatic heterocycles. The number of hydrazone groups is 1. The van der Waals surface area contributed by atoms with Crippen molar-refractivity contribution in [2.24, 2.45) is 21.9 Å². The van der Waals surface area contributed by atoms with Gasteiger partial charge >= 0.3 is 0 Å². The standard InChI is InChI=1S/C12H13Cl2N3/c1-7-2-3-8-6-9(13)4-5-10(8)16-12(14)11(7)17-15/h4-7H,2-3,15H2,1H3/b16-12?,17-11+. The first-order valence-electron chi connectivity index (χ1n) is 5.42. The molecule has 17 heavy (non-hydrogen) atoms. The summed E-state index contributed by atoms with van der Waals surface area (Å²) >= 11 is 12.1. The van der Waals surface area contributed by atoms with Gasteiger partial charge < -0.3 is 5.84 Å². The summed E-state index contributed by atoms with van der Waals surface area (Å²) in [5.74, 6) is 5.55. The van der Waals surface area contributed by atoms with Crippen molar-refractivity contribution in [2.75, 3.05) is 0 Å². The summed E-state index contributed by atoms with van der Waals surface area (Å²) in [6, 6.07) is 5.60. The van der Waals surface area contributed by atoms with E-state index in [0.29, 0.717) is 10.9 Å². The van der Waals surface area contributed by atoms with E-state index >= 15 is 0 Å². The van der Waals surface area contributed by atoms with Gasteiger partial charge in [-0.05, 0) is 36.6 Å². The number of nitrogens with two attached hydrogens (primary N) is 1. The van der Waals surface area contributed by atoms with Gasteiger partial charge in [0.2, 0.25) is 0 Å². The lowest BCUT2D eigenvalue weighted by Crippen LogP contribution is -2.21. The zero-order valence-electron chi connectivity index (χ0n) is 9.45. The van der Waals surface area contributed by atoms with Crippen molar-refractivity contribution in [1.82, 2.24) is 0 Å². The highest BCUT2D eigenvalue weighted by atomic mass is 35.5. The fourth-order valence-electron chi connectivity index (χ4n) is 1.92. The van der Waals surface area contributed by atoms with Crippen LogP contribution in [0.15, 0.2) is 28.3 Å². The van der Waals surface area contributed by atoms with Crippen LogP contribution in [0.2, 0.25) is 5.02 Å². The van der Waals surface area contributed by atoms with Crippen molar-refractivity contribution in [3.05, 3.63) is 28.8 Å². The normalized spacial score (nSPS) is 22.6. The zero-order valence-corrected chi connectivity index (χ0v) is 11.0. The van der Waals surface area contributed by atoms with Gasteiger partial charge in [0.05, 0.1) is 5.69 Å². The predicted octanol–water partition coefficient (Wildman–Crippen LogP) is 3.51. The fourth-order valence-corrected chi connectivity index (χ4v) is 2.44. The van der Waals surface area contributed by atoms with Gasteiger partial charge in [-0.3, -0.25) is 0 Å². The quantitative estimate of drug-likeness (QED) is 0.569. The summed E-state index contributed by atoms with van der Waals surface area (Å²) in [4.78, 5) is 4.36. The topological polar surface area (TPSA) is 50.7 Å². The molecule has 0 bridgehead atoms. The van der Waals surface area contributed by atoms with E-state index in [4.69, 9.17) is 29.0 Å². The molecule has 0 aromatic heterocycles. The summed E-state index contributed by atoms with van der Waals surface area (Å²) in [5.41, 5.74) is 2.61. The highest BCUT2D eigenvalue weighted by Gasteiger charge is 2.19. The van der Waals surface area contributed by atoms with Crippen molar-refractivity contribution >= 4 is 39.8 Å². The van der Waals surface area contributed by atoms with E-state index < -0.39 is 0 Å². The van der Waals surface area contributed by atoms with Crippen LogP contribution in [-0.2, 0) is 6.42 Å². The second kappa shape index (κ2) is 5.07. The van der Waals surface area contributed by atoms with Crippen molar-refractivity contribution in [3.63, 3.8) is 0 Å². The number of aliphatic imine (C=N–C) groups is 1. The molecule has 0 aliphatic carbocycles. The maximum absolute atomic E-state index is 6.13. The highest BCUT2D eigenvalue weighted by molar-refractivity contribution is 6.84. The van der Waals surface area contributed by atoms with Gasteiger partial charge in [-0.15, -0.1) is 0 Å². The van der Waals surface area contributed by atoms with E-state index in [1.54, 1.807) is 6.07 Å². The Balaban J connectivity index is 2.51. The monoisotopic (exact) mass is 269 g/mol. The van der Waals surface area contributed by atoms with Gasteiger partial charge in [-0.1, -0.05) is 30.1 Å². The van der Waals surface area contributed by atoms with Crippen molar-refractivity contribution in [2.45, 2.75) is 19.8 Å². The number of aryl methyl sites for hydroxylation is 1. The third-order valence-corrected chi connectivity index (χ3v) is 3.44. The van der Waals surface area contributed by atoms with Crippen LogP contribution in [0.1, 0.15) is 18.9 Å². The van der Waals surface area contributed by atoms with Crippen LogP contribution in [0.4, 0.5) is 5.69 Å². The molecule has 1 aromatic carbocycles. The van der Waals surface area contributed by atoms with Gasteiger partial charge in [0.15, 0.2) is 5.17 Å². The second-order valence-corrected chi connectivity index (χ2v) is 4.92. The SMILES string of the molecule is CC1CCc2cc(Cl)ccc2N=C(Cl)/C1=N/N. The molecule has 1 aliphatic rings. The molecule has 90 valence electrons. The zero-order chi connectivity index (χ0) is 12.4. The molecule has 0 saturated heterocycles. The molecule has 2 rings (SSSR count). The maximum Gasteiger partial charge on any atom is 0.153 e. The van der Waals surface area contributed by atoms with Crippen LogP contribution >= 0.6 is 23.2 Å². The Morgan fingerprint density at radius 3 is 2.88 bits per heavy atom. The molecule has 0 radical (unpaired) electrons. The van der Waals surface area contributed by atoms with Crippen molar-refractivity contribution in [1.29, 1.82) is 0 Å². The van der Waals surface area contributed by atoms with Crippen molar-refractivity contribution in [3.8, 4) is 0 Å². The lowest BCUT2D eigenvalue weighted by atomic mass is 9.95. The maximum atomic E-state index is 6.13. The Morgan fingerprint density at radius 2 is 2.18 bits per heavy atom. The molecule has 2 N–H and O–H groups in total. The number of hydrogen-bond donors (Lipinski definition) is 1. The largest absolute Gasteiger partial charge is 0.323 e. The Morgan fingerprint density at radius 1 is 1.41 bits per heavy atom. The van der Waals surface area contributed by atoms with Gasteiger partial charge in [0.25, 0.3) is 0 Å². The molecule has 0 saturated carbocycles. The van der Waals surface area contributed by atoms with E-state index in [0.717, 1.165) is 29.1 Å². The van der Waals surface area contributed by atoms with Crippen molar-refractivity contribution < 1.29 is 0 Å². The number of halogens is 2. The summed E-state index contributed by atoms with van der Waals surface area (Å²) < 4.78 is 0. The molecule has 1 unspecified atom stereocenters.